The second-order valence-electron chi connectivity index (χ2n) is 6.84. The molecule has 0 saturated heterocycles. The average Bonchev–Trinajstić information content (AvgIpc) is 3.14. The molecule has 0 fully saturated rings. The Bertz CT molecular complexity index is 1100. The highest BCUT2D eigenvalue weighted by atomic mass is 32.2. The van der Waals surface area contributed by atoms with Crippen LogP contribution in [0.25, 0.3) is 22.4 Å². The lowest BCUT2D eigenvalue weighted by atomic mass is 9.98. The van der Waals surface area contributed by atoms with Crippen LogP contribution >= 0.6 is 0 Å². The first kappa shape index (κ1) is 21.9. The van der Waals surface area contributed by atoms with Crippen LogP contribution in [0.2, 0.25) is 0 Å². The van der Waals surface area contributed by atoms with Gasteiger partial charge in [0.05, 0.1) is 11.5 Å². The van der Waals surface area contributed by atoms with E-state index in [-0.39, 0.29) is 16.2 Å². The van der Waals surface area contributed by atoms with Crippen molar-refractivity contribution in [1.82, 2.24) is 10.2 Å². The summed E-state index contributed by atoms with van der Waals surface area (Å²) < 4.78 is 69.6. The molecule has 1 N–H and O–H groups in total. The monoisotopic (exact) mass is 438 g/mol. The number of nitrogens with zero attached hydrogens (tertiary/aromatic N) is 1. The van der Waals surface area contributed by atoms with Gasteiger partial charge < -0.3 is 4.74 Å². The van der Waals surface area contributed by atoms with Gasteiger partial charge in [-0.3, -0.25) is 5.10 Å². The number of alkyl halides is 3. The first-order valence-electron chi connectivity index (χ1n) is 9.30. The van der Waals surface area contributed by atoms with Crippen molar-refractivity contribution in [3.63, 3.8) is 0 Å². The fourth-order valence-electron chi connectivity index (χ4n) is 2.95. The fourth-order valence-corrected chi connectivity index (χ4v) is 3.58. The minimum absolute atomic E-state index is 0.0768. The van der Waals surface area contributed by atoms with Gasteiger partial charge in [-0.2, -0.15) is 18.3 Å². The lowest BCUT2D eigenvalue weighted by Crippen LogP contribution is -2.07. The van der Waals surface area contributed by atoms with Gasteiger partial charge in [0.1, 0.15) is 17.1 Å². The number of aromatic amines is 1. The zero-order valence-electron chi connectivity index (χ0n) is 16.5. The average molecular weight is 438 g/mol. The molecule has 5 nitrogen and oxygen atoms in total. The van der Waals surface area contributed by atoms with Gasteiger partial charge in [0.25, 0.3) is 0 Å². The van der Waals surface area contributed by atoms with Crippen molar-refractivity contribution in [2.75, 3.05) is 12.9 Å². The molecular weight excluding hydrogens is 417 g/mol. The fraction of sp³-hybridized carbons (Fsp3) is 0.286. The summed E-state index contributed by atoms with van der Waals surface area (Å²) in [5, 5.41) is 5.97. The smallest absolute Gasteiger partial charge is 0.433 e. The Hall–Kier alpha value is -2.81. The first-order chi connectivity index (χ1) is 14.1. The molecule has 0 unspecified atom stereocenters. The Morgan fingerprint density at radius 2 is 1.60 bits per heavy atom. The zero-order valence-corrected chi connectivity index (χ0v) is 17.3. The molecule has 30 heavy (non-hydrogen) atoms. The number of halogens is 3. The zero-order chi connectivity index (χ0) is 21.9. The van der Waals surface area contributed by atoms with Crippen LogP contribution in [-0.4, -0.2) is 31.5 Å². The van der Waals surface area contributed by atoms with E-state index in [9.17, 15) is 21.6 Å². The molecule has 3 aromatic rings. The van der Waals surface area contributed by atoms with Gasteiger partial charge in [0.2, 0.25) is 0 Å². The molecule has 0 radical (unpaired) electrons. The van der Waals surface area contributed by atoms with E-state index in [4.69, 9.17) is 4.74 Å². The third kappa shape index (κ3) is 4.84. The summed E-state index contributed by atoms with van der Waals surface area (Å²) in [6.45, 7) is 2.57. The van der Waals surface area contributed by atoms with Crippen LogP contribution in [0.3, 0.4) is 0 Å². The molecule has 9 heteroatoms. The second kappa shape index (κ2) is 8.51. The van der Waals surface area contributed by atoms with Crippen molar-refractivity contribution in [3.8, 4) is 28.1 Å². The summed E-state index contributed by atoms with van der Waals surface area (Å²) in [5.74, 6) is 0.573. The van der Waals surface area contributed by atoms with E-state index < -0.39 is 21.7 Å². The van der Waals surface area contributed by atoms with Gasteiger partial charge in [-0.05, 0) is 36.2 Å². The Morgan fingerprint density at radius 1 is 1.00 bits per heavy atom. The van der Waals surface area contributed by atoms with Crippen molar-refractivity contribution < 1.29 is 26.3 Å². The van der Waals surface area contributed by atoms with E-state index in [1.54, 1.807) is 24.3 Å². The molecule has 0 amide bonds. The van der Waals surface area contributed by atoms with Crippen LogP contribution in [0.15, 0.2) is 53.4 Å². The van der Waals surface area contributed by atoms with Crippen LogP contribution in [0, 0.1) is 0 Å². The minimum Gasteiger partial charge on any atom is -0.494 e. The first-order valence-corrected chi connectivity index (χ1v) is 11.2. The molecule has 0 aliphatic carbocycles. The molecule has 2 aromatic carbocycles. The molecular formula is C21H21F3N2O3S. The Kier molecular flexibility index (Phi) is 6.21. The minimum atomic E-state index is -4.64. The number of hydrogen-bond donors (Lipinski definition) is 1. The molecule has 3 rings (SSSR count). The van der Waals surface area contributed by atoms with Crippen LogP contribution in [0.4, 0.5) is 13.2 Å². The summed E-state index contributed by atoms with van der Waals surface area (Å²) in [6.07, 6.45) is -1.71. The summed E-state index contributed by atoms with van der Waals surface area (Å²) >= 11 is 0. The van der Waals surface area contributed by atoms with Crippen molar-refractivity contribution in [3.05, 3.63) is 54.2 Å². The largest absolute Gasteiger partial charge is 0.494 e. The van der Waals surface area contributed by atoms with E-state index in [2.05, 4.69) is 10.2 Å². The van der Waals surface area contributed by atoms with Crippen molar-refractivity contribution in [2.24, 2.45) is 0 Å². The lowest BCUT2D eigenvalue weighted by Gasteiger charge is -2.11. The highest BCUT2D eigenvalue weighted by molar-refractivity contribution is 7.90. The second-order valence-corrected chi connectivity index (χ2v) is 8.86. The van der Waals surface area contributed by atoms with Gasteiger partial charge >= 0.3 is 6.18 Å². The van der Waals surface area contributed by atoms with Crippen LogP contribution in [0.5, 0.6) is 5.75 Å². The third-order valence-electron chi connectivity index (χ3n) is 4.52. The third-order valence-corrected chi connectivity index (χ3v) is 5.64. The van der Waals surface area contributed by atoms with E-state index in [0.29, 0.717) is 23.5 Å². The van der Waals surface area contributed by atoms with Gasteiger partial charge in [0.15, 0.2) is 9.84 Å². The summed E-state index contributed by atoms with van der Waals surface area (Å²) in [4.78, 5) is 0.0768. The topological polar surface area (TPSA) is 72.1 Å². The molecule has 1 heterocycles. The maximum atomic E-state index is 13.6. The molecule has 0 aliphatic rings. The normalized spacial score (nSPS) is 12.2. The highest BCUT2D eigenvalue weighted by Gasteiger charge is 2.38. The Balaban J connectivity index is 2.04. The van der Waals surface area contributed by atoms with Gasteiger partial charge in [-0.1, -0.05) is 37.6 Å². The molecule has 0 atom stereocenters. The van der Waals surface area contributed by atoms with E-state index in [1.807, 2.05) is 6.92 Å². The summed E-state index contributed by atoms with van der Waals surface area (Å²) in [5.41, 5.74) is -0.297. The summed E-state index contributed by atoms with van der Waals surface area (Å²) in [7, 11) is -3.42. The molecule has 0 spiro atoms. The van der Waals surface area contributed by atoms with Gasteiger partial charge in [0, 0.05) is 17.4 Å². The Labute approximate surface area is 172 Å². The highest BCUT2D eigenvalue weighted by Crippen LogP contribution is 2.41. The van der Waals surface area contributed by atoms with E-state index >= 15 is 0 Å². The molecule has 0 bridgehead atoms. The van der Waals surface area contributed by atoms with Crippen LogP contribution < -0.4 is 4.74 Å². The quantitative estimate of drug-likeness (QED) is 0.505. The van der Waals surface area contributed by atoms with Crippen LogP contribution in [0.1, 0.15) is 25.5 Å². The lowest BCUT2D eigenvalue weighted by molar-refractivity contribution is -0.140. The van der Waals surface area contributed by atoms with Crippen LogP contribution in [-0.2, 0) is 16.0 Å². The number of unbranched alkanes of at least 4 members (excludes halogenated alkanes) is 1. The maximum absolute atomic E-state index is 13.6. The number of ether oxygens (including phenoxy) is 1. The number of hydrogen-bond acceptors (Lipinski definition) is 4. The predicted octanol–water partition coefficient (Wildman–Crippen LogP) is 5.34. The number of aromatic nitrogens is 2. The number of benzene rings is 2. The molecule has 160 valence electrons. The molecule has 1 aromatic heterocycles. The molecule has 0 aliphatic heterocycles. The van der Waals surface area contributed by atoms with Gasteiger partial charge in [-0.25, -0.2) is 8.42 Å². The summed E-state index contributed by atoms with van der Waals surface area (Å²) in [6, 6.07) is 11.9. The van der Waals surface area contributed by atoms with Crippen molar-refractivity contribution in [2.45, 2.75) is 30.8 Å². The number of sulfone groups is 1. The van der Waals surface area contributed by atoms with E-state index in [1.165, 1.54) is 24.3 Å². The maximum Gasteiger partial charge on any atom is 0.433 e. The predicted molar refractivity (Wildman–Crippen MR) is 108 cm³/mol. The van der Waals surface area contributed by atoms with Crippen molar-refractivity contribution in [1.29, 1.82) is 0 Å². The SMILES string of the molecule is CCCCOc1ccc(-c2c(-c3ccc(S(C)(=O)=O)cc3)n[nH]c2C(F)(F)F)cc1. The number of nitrogens with one attached hydrogen (secondary N) is 1. The van der Waals surface area contributed by atoms with Gasteiger partial charge in [-0.15, -0.1) is 0 Å². The standard InChI is InChI=1S/C21H21F3N2O3S/c1-3-4-13-29-16-9-5-14(6-10-16)18-19(25-26-20(18)21(22,23)24)15-7-11-17(12-8-15)30(2,27)28/h5-12H,3-4,13H2,1-2H3,(H,25,26). The molecule has 0 saturated carbocycles. The van der Waals surface area contributed by atoms with Crippen molar-refractivity contribution >= 4 is 9.84 Å². The number of rotatable bonds is 7. The number of H-pyrrole nitrogens is 1. The Morgan fingerprint density at radius 3 is 2.13 bits per heavy atom. The van der Waals surface area contributed by atoms with E-state index in [0.717, 1.165) is 19.1 Å².